The summed E-state index contributed by atoms with van der Waals surface area (Å²) in [4.78, 5) is 28.4. The number of nitrogens with one attached hydrogen (secondary N) is 4. The molecule has 0 radical (unpaired) electrons. The number of carbonyl (C=O) groups excluding carboxylic acids is 2. The van der Waals surface area contributed by atoms with Gasteiger partial charge >= 0.3 is 6.09 Å². The number of nitrogens with zero attached hydrogens (tertiary/aromatic N) is 1. The zero-order chi connectivity index (χ0) is 23.5. The van der Waals surface area contributed by atoms with Gasteiger partial charge in [0, 0.05) is 25.2 Å². The van der Waals surface area contributed by atoms with E-state index in [0.29, 0.717) is 32.0 Å². The lowest BCUT2D eigenvalue weighted by molar-refractivity contribution is -0.116. The van der Waals surface area contributed by atoms with Crippen molar-refractivity contribution in [3.8, 4) is 0 Å². The van der Waals surface area contributed by atoms with E-state index in [9.17, 15) is 9.59 Å². The lowest BCUT2D eigenvalue weighted by atomic mass is 10.1. The average molecular weight is 562 g/mol. The van der Waals surface area contributed by atoms with Crippen LogP contribution >= 0.6 is 24.0 Å². The molecule has 0 aromatic heterocycles. The van der Waals surface area contributed by atoms with Gasteiger partial charge in [-0.15, -0.1) is 24.0 Å². The minimum atomic E-state index is -0.543. The number of guanidine groups is 1. The van der Waals surface area contributed by atoms with E-state index < -0.39 is 17.2 Å². The van der Waals surface area contributed by atoms with Gasteiger partial charge in [0.1, 0.15) is 5.60 Å². The van der Waals surface area contributed by atoms with Gasteiger partial charge in [0.2, 0.25) is 5.91 Å². The summed E-state index contributed by atoms with van der Waals surface area (Å²) in [6.45, 7) is 15.0. The van der Waals surface area contributed by atoms with Crippen LogP contribution in [-0.4, -0.2) is 42.2 Å². The highest BCUT2D eigenvalue weighted by Crippen LogP contribution is 2.12. The van der Waals surface area contributed by atoms with Crippen molar-refractivity contribution in [3.05, 3.63) is 29.8 Å². The Balaban J connectivity index is 0.00000961. The minimum Gasteiger partial charge on any atom is -0.444 e. The molecule has 0 atom stereocenters. The van der Waals surface area contributed by atoms with Crippen molar-refractivity contribution >= 4 is 47.6 Å². The van der Waals surface area contributed by atoms with Gasteiger partial charge in [0.15, 0.2) is 5.96 Å². The summed E-state index contributed by atoms with van der Waals surface area (Å²) in [7, 11) is 0. The second-order valence-electron chi connectivity index (χ2n) is 9.05. The second kappa shape index (κ2) is 14.2. The van der Waals surface area contributed by atoms with Gasteiger partial charge in [-0.25, -0.2) is 9.79 Å². The Morgan fingerprint density at radius 2 is 1.62 bits per heavy atom. The van der Waals surface area contributed by atoms with Crippen LogP contribution in [0.1, 0.15) is 66.9 Å². The molecule has 182 valence electrons. The fraction of sp³-hybridized carbons (Fsp3) is 0.609. The summed E-state index contributed by atoms with van der Waals surface area (Å²) in [6, 6.07) is 7.66. The van der Waals surface area contributed by atoms with E-state index in [0.717, 1.165) is 17.7 Å². The number of ether oxygens (including phenoxy) is 1. The number of rotatable bonds is 9. The molecular formula is C23H40IN5O3. The normalized spacial score (nSPS) is 11.8. The van der Waals surface area contributed by atoms with Crippen molar-refractivity contribution in [2.24, 2.45) is 4.99 Å². The largest absolute Gasteiger partial charge is 0.444 e. The molecule has 0 aliphatic heterocycles. The van der Waals surface area contributed by atoms with E-state index in [1.807, 2.05) is 72.7 Å². The molecule has 8 nitrogen and oxygen atoms in total. The number of hydrogen-bond acceptors (Lipinski definition) is 4. The minimum absolute atomic E-state index is 0. The third-order valence-corrected chi connectivity index (χ3v) is 4.02. The first-order valence-corrected chi connectivity index (χ1v) is 10.9. The van der Waals surface area contributed by atoms with E-state index in [-0.39, 0.29) is 29.9 Å². The van der Waals surface area contributed by atoms with Crippen molar-refractivity contribution in [2.45, 2.75) is 79.0 Å². The van der Waals surface area contributed by atoms with E-state index in [4.69, 9.17) is 4.74 Å². The van der Waals surface area contributed by atoms with E-state index in [1.54, 1.807) is 0 Å². The highest BCUT2D eigenvalue weighted by atomic mass is 127. The molecule has 4 N–H and O–H groups in total. The molecule has 1 aromatic rings. The van der Waals surface area contributed by atoms with Crippen LogP contribution in [0.3, 0.4) is 0 Å². The molecule has 0 aliphatic carbocycles. The summed E-state index contributed by atoms with van der Waals surface area (Å²) in [6.07, 6.45) is 0.888. The van der Waals surface area contributed by atoms with Crippen LogP contribution in [0.25, 0.3) is 0 Å². The summed E-state index contributed by atoms with van der Waals surface area (Å²) in [5.74, 6) is 0.677. The number of carbonyl (C=O) groups is 2. The standard InChI is InChI=1S/C23H39N5O3.HI/c1-8-10-19(29)27-18-13-11-17(12-14-18)15-25-20(24-9-2)26-16-23(6,7)28-21(30)31-22(3,4)5;/h11-14H,8-10,15-16H2,1-7H3,(H,27,29)(H,28,30)(H2,24,25,26);1H. The number of anilines is 1. The lowest BCUT2D eigenvalue weighted by Crippen LogP contribution is -2.54. The smallest absolute Gasteiger partial charge is 0.408 e. The predicted octanol–water partition coefficient (Wildman–Crippen LogP) is 4.40. The topological polar surface area (TPSA) is 104 Å². The molecule has 9 heteroatoms. The first kappa shape index (κ1) is 30.0. The number of benzene rings is 1. The first-order valence-electron chi connectivity index (χ1n) is 10.9. The van der Waals surface area contributed by atoms with Gasteiger partial charge in [0.05, 0.1) is 12.1 Å². The Morgan fingerprint density at radius 1 is 1.00 bits per heavy atom. The molecule has 0 spiro atoms. The Hall–Kier alpha value is -2.04. The summed E-state index contributed by atoms with van der Waals surface area (Å²) in [5.41, 5.74) is 0.734. The first-order chi connectivity index (χ1) is 14.4. The van der Waals surface area contributed by atoms with Crippen LogP contribution in [-0.2, 0) is 16.1 Å². The number of hydrogen-bond donors (Lipinski definition) is 4. The molecule has 1 aromatic carbocycles. The predicted molar refractivity (Wildman–Crippen MR) is 142 cm³/mol. The van der Waals surface area contributed by atoms with Crippen LogP contribution in [0.15, 0.2) is 29.3 Å². The molecule has 0 saturated carbocycles. The lowest BCUT2D eigenvalue weighted by Gasteiger charge is -2.29. The molecule has 0 heterocycles. The van der Waals surface area contributed by atoms with Crippen LogP contribution in [0, 0.1) is 0 Å². The van der Waals surface area contributed by atoms with Gasteiger partial charge in [-0.1, -0.05) is 19.1 Å². The Kier molecular flexibility index (Phi) is 13.3. The van der Waals surface area contributed by atoms with E-state index in [2.05, 4.69) is 26.3 Å². The van der Waals surface area contributed by atoms with E-state index in [1.165, 1.54) is 0 Å². The zero-order valence-electron chi connectivity index (χ0n) is 20.4. The molecule has 0 saturated heterocycles. The van der Waals surface area contributed by atoms with Gasteiger partial charge in [0.25, 0.3) is 0 Å². The van der Waals surface area contributed by atoms with Gasteiger partial charge in [-0.05, 0) is 65.7 Å². The van der Waals surface area contributed by atoms with Crippen LogP contribution in [0.5, 0.6) is 0 Å². The Labute approximate surface area is 209 Å². The number of aliphatic imine (C=N–C) groups is 1. The van der Waals surface area contributed by atoms with Gasteiger partial charge < -0.3 is 26.0 Å². The maximum absolute atomic E-state index is 12.1. The number of halogens is 1. The fourth-order valence-electron chi connectivity index (χ4n) is 2.58. The van der Waals surface area contributed by atoms with Crippen LogP contribution in [0.2, 0.25) is 0 Å². The molecule has 0 bridgehead atoms. The maximum atomic E-state index is 12.1. The number of amides is 2. The Morgan fingerprint density at radius 3 is 2.16 bits per heavy atom. The molecule has 0 unspecified atom stereocenters. The average Bonchev–Trinajstić information content (AvgIpc) is 2.63. The van der Waals surface area contributed by atoms with E-state index >= 15 is 0 Å². The van der Waals surface area contributed by atoms with Crippen molar-refractivity contribution in [1.29, 1.82) is 0 Å². The molecule has 0 aliphatic rings. The fourth-order valence-corrected chi connectivity index (χ4v) is 2.58. The van der Waals surface area contributed by atoms with Gasteiger partial charge in [-0.2, -0.15) is 0 Å². The molecule has 2 amide bonds. The highest BCUT2D eigenvalue weighted by Gasteiger charge is 2.24. The van der Waals surface area contributed by atoms with Crippen molar-refractivity contribution in [1.82, 2.24) is 16.0 Å². The molecule has 32 heavy (non-hydrogen) atoms. The second-order valence-corrected chi connectivity index (χ2v) is 9.05. The molecular weight excluding hydrogens is 521 g/mol. The maximum Gasteiger partial charge on any atom is 0.408 e. The molecule has 1 rings (SSSR count). The highest BCUT2D eigenvalue weighted by molar-refractivity contribution is 14.0. The van der Waals surface area contributed by atoms with Crippen LogP contribution in [0.4, 0.5) is 10.5 Å². The van der Waals surface area contributed by atoms with Gasteiger partial charge in [-0.3, -0.25) is 4.79 Å². The Bertz CT molecular complexity index is 743. The summed E-state index contributed by atoms with van der Waals surface area (Å²) in [5, 5.41) is 12.2. The number of alkyl carbamates (subject to hydrolysis) is 1. The zero-order valence-corrected chi connectivity index (χ0v) is 22.8. The molecule has 0 fully saturated rings. The van der Waals surface area contributed by atoms with Crippen molar-refractivity contribution in [2.75, 3.05) is 18.4 Å². The summed E-state index contributed by atoms with van der Waals surface area (Å²) >= 11 is 0. The monoisotopic (exact) mass is 561 g/mol. The van der Waals surface area contributed by atoms with Crippen molar-refractivity contribution < 1.29 is 14.3 Å². The summed E-state index contributed by atoms with van der Waals surface area (Å²) < 4.78 is 5.33. The third kappa shape index (κ3) is 13.4. The third-order valence-electron chi connectivity index (χ3n) is 4.02. The SMILES string of the molecule is CCCC(=O)Nc1ccc(CN=C(NCC)NCC(C)(C)NC(=O)OC(C)(C)C)cc1.I. The van der Waals surface area contributed by atoms with Crippen LogP contribution < -0.4 is 21.3 Å². The quantitative estimate of drug-likeness (QED) is 0.203. The van der Waals surface area contributed by atoms with Crippen molar-refractivity contribution in [3.63, 3.8) is 0 Å².